The average Bonchev–Trinajstić information content (AvgIpc) is 2.72. The van der Waals surface area contributed by atoms with Gasteiger partial charge in [-0.2, -0.15) is 0 Å². The Balaban J connectivity index is 0.00000420. The molecule has 158 valence electrons. The highest BCUT2D eigenvalue weighted by Gasteiger charge is 2.00. The number of nitrogens with zero attached hydrogens (tertiary/aromatic N) is 1. The summed E-state index contributed by atoms with van der Waals surface area (Å²) in [7, 11) is 1.75. The minimum Gasteiger partial charge on any atom is -0.494 e. The van der Waals surface area contributed by atoms with Crippen LogP contribution in [0.2, 0.25) is 0 Å². The molecule has 8 heteroatoms. The SMILES string of the molecule is CN=C(NCCCOc1ccccc1)NCCc1ccc(OCC(N)=O)cc1.I. The summed E-state index contributed by atoms with van der Waals surface area (Å²) in [6.45, 7) is 2.07. The molecule has 0 aliphatic heterocycles. The predicted molar refractivity (Wildman–Crippen MR) is 126 cm³/mol. The summed E-state index contributed by atoms with van der Waals surface area (Å²) in [5.41, 5.74) is 6.22. The molecule has 0 fully saturated rings. The molecule has 0 unspecified atom stereocenters. The zero-order valence-electron chi connectivity index (χ0n) is 16.6. The van der Waals surface area contributed by atoms with Crippen molar-refractivity contribution in [2.75, 3.05) is 33.4 Å². The van der Waals surface area contributed by atoms with Crippen molar-refractivity contribution in [3.63, 3.8) is 0 Å². The van der Waals surface area contributed by atoms with E-state index < -0.39 is 5.91 Å². The van der Waals surface area contributed by atoms with Gasteiger partial charge in [-0.25, -0.2) is 0 Å². The van der Waals surface area contributed by atoms with Crippen LogP contribution in [0, 0.1) is 0 Å². The van der Waals surface area contributed by atoms with Gasteiger partial charge in [0.05, 0.1) is 6.61 Å². The van der Waals surface area contributed by atoms with Crippen LogP contribution in [0.1, 0.15) is 12.0 Å². The fraction of sp³-hybridized carbons (Fsp3) is 0.333. The van der Waals surface area contributed by atoms with Gasteiger partial charge in [-0.15, -0.1) is 24.0 Å². The number of amides is 1. The molecule has 7 nitrogen and oxygen atoms in total. The van der Waals surface area contributed by atoms with Gasteiger partial charge in [-0.05, 0) is 42.7 Å². The number of nitrogens with one attached hydrogen (secondary N) is 2. The van der Waals surface area contributed by atoms with Gasteiger partial charge in [0.15, 0.2) is 12.6 Å². The van der Waals surface area contributed by atoms with Crippen molar-refractivity contribution in [1.82, 2.24) is 10.6 Å². The molecule has 0 radical (unpaired) electrons. The first kappa shape index (κ1) is 24.5. The van der Waals surface area contributed by atoms with E-state index in [1.54, 1.807) is 7.05 Å². The summed E-state index contributed by atoms with van der Waals surface area (Å²) in [4.78, 5) is 14.9. The number of benzene rings is 2. The van der Waals surface area contributed by atoms with Crippen LogP contribution >= 0.6 is 24.0 Å². The quantitative estimate of drug-likeness (QED) is 0.186. The Kier molecular flexibility index (Phi) is 12.3. The molecule has 1 amide bonds. The highest BCUT2D eigenvalue weighted by molar-refractivity contribution is 14.0. The Bertz CT molecular complexity index is 739. The number of hydrogen-bond donors (Lipinski definition) is 3. The molecule has 0 saturated heterocycles. The van der Waals surface area contributed by atoms with Gasteiger partial charge in [0.2, 0.25) is 0 Å². The fourth-order valence-electron chi connectivity index (χ4n) is 2.44. The number of carbonyl (C=O) groups is 1. The van der Waals surface area contributed by atoms with E-state index in [0.717, 1.165) is 43.2 Å². The summed E-state index contributed by atoms with van der Waals surface area (Å²) in [6, 6.07) is 17.4. The molecule has 0 aliphatic carbocycles. The number of rotatable bonds is 11. The van der Waals surface area contributed by atoms with Crippen LogP contribution in [0.3, 0.4) is 0 Å². The molecule has 0 aromatic heterocycles. The van der Waals surface area contributed by atoms with E-state index in [1.165, 1.54) is 0 Å². The van der Waals surface area contributed by atoms with Gasteiger partial charge in [-0.1, -0.05) is 30.3 Å². The smallest absolute Gasteiger partial charge is 0.255 e. The lowest BCUT2D eigenvalue weighted by atomic mass is 10.1. The molecular weight excluding hydrogens is 483 g/mol. The van der Waals surface area contributed by atoms with Gasteiger partial charge in [0.1, 0.15) is 11.5 Å². The highest BCUT2D eigenvalue weighted by Crippen LogP contribution is 2.12. The van der Waals surface area contributed by atoms with Crippen LogP contribution in [0.15, 0.2) is 59.6 Å². The van der Waals surface area contributed by atoms with E-state index in [4.69, 9.17) is 15.2 Å². The van der Waals surface area contributed by atoms with E-state index in [-0.39, 0.29) is 30.6 Å². The zero-order valence-corrected chi connectivity index (χ0v) is 18.9. The normalized spacial score (nSPS) is 10.6. The van der Waals surface area contributed by atoms with Crippen LogP contribution in [0.5, 0.6) is 11.5 Å². The maximum Gasteiger partial charge on any atom is 0.255 e. The number of carbonyl (C=O) groups excluding carboxylic acids is 1. The van der Waals surface area contributed by atoms with E-state index in [9.17, 15) is 4.79 Å². The molecule has 0 atom stereocenters. The van der Waals surface area contributed by atoms with Gasteiger partial charge in [0.25, 0.3) is 5.91 Å². The lowest BCUT2D eigenvalue weighted by Crippen LogP contribution is -2.39. The highest BCUT2D eigenvalue weighted by atomic mass is 127. The number of ether oxygens (including phenoxy) is 2. The Hall–Kier alpha value is -2.49. The first-order valence-corrected chi connectivity index (χ1v) is 9.30. The van der Waals surface area contributed by atoms with E-state index in [2.05, 4.69) is 15.6 Å². The monoisotopic (exact) mass is 512 g/mol. The van der Waals surface area contributed by atoms with Crippen LogP contribution in [0.4, 0.5) is 0 Å². The van der Waals surface area contributed by atoms with Crippen LogP contribution in [-0.4, -0.2) is 45.2 Å². The number of aliphatic imine (C=N–C) groups is 1. The first-order chi connectivity index (χ1) is 13.7. The summed E-state index contributed by atoms with van der Waals surface area (Å²) in [5.74, 6) is 1.79. The molecular formula is C21H29IN4O3. The molecule has 2 aromatic carbocycles. The first-order valence-electron chi connectivity index (χ1n) is 9.30. The number of primary amides is 1. The number of halogens is 1. The molecule has 0 bridgehead atoms. The molecule has 2 rings (SSSR count). The van der Waals surface area contributed by atoms with Crippen molar-refractivity contribution in [3.05, 3.63) is 60.2 Å². The number of para-hydroxylation sites is 1. The van der Waals surface area contributed by atoms with Crippen molar-refractivity contribution in [1.29, 1.82) is 0 Å². The maximum atomic E-state index is 10.7. The summed E-state index contributed by atoms with van der Waals surface area (Å²) < 4.78 is 10.9. The third-order valence-electron chi connectivity index (χ3n) is 3.86. The second-order valence-electron chi connectivity index (χ2n) is 6.09. The van der Waals surface area contributed by atoms with Gasteiger partial charge in [-0.3, -0.25) is 9.79 Å². The average molecular weight is 512 g/mol. The minimum absolute atomic E-state index is 0. The second-order valence-corrected chi connectivity index (χ2v) is 6.09. The Labute approximate surface area is 189 Å². The van der Waals surface area contributed by atoms with Gasteiger partial charge >= 0.3 is 0 Å². The second kappa shape index (κ2) is 14.5. The predicted octanol–water partition coefficient (Wildman–Crippen LogP) is 2.35. The minimum atomic E-state index is -0.487. The van der Waals surface area contributed by atoms with Crippen LogP contribution < -0.4 is 25.8 Å². The van der Waals surface area contributed by atoms with Gasteiger partial charge in [0, 0.05) is 20.1 Å². The fourth-order valence-corrected chi connectivity index (χ4v) is 2.44. The molecule has 2 aromatic rings. The Morgan fingerprint density at radius 1 is 0.966 bits per heavy atom. The van der Waals surface area contributed by atoms with Crippen molar-refractivity contribution < 1.29 is 14.3 Å². The van der Waals surface area contributed by atoms with E-state index in [0.29, 0.717) is 12.4 Å². The number of guanidine groups is 1. The third kappa shape index (κ3) is 10.6. The summed E-state index contributed by atoms with van der Waals surface area (Å²) in [5, 5.41) is 6.56. The molecule has 0 spiro atoms. The zero-order chi connectivity index (χ0) is 20.0. The number of hydrogen-bond acceptors (Lipinski definition) is 4. The topological polar surface area (TPSA) is 98.0 Å². The number of nitrogens with two attached hydrogens (primary N) is 1. The molecule has 4 N–H and O–H groups in total. The molecule has 29 heavy (non-hydrogen) atoms. The Morgan fingerprint density at radius 3 is 2.28 bits per heavy atom. The lowest BCUT2D eigenvalue weighted by molar-refractivity contribution is -0.119. The van der Waals surface area contributed by atoms with Crippen molar-refractivity contribution in [2.45, 2.75) is 12.8 Å². The van der Waals surface area contributed by atoms with E-state index >= 15 is 0 Å². The Morgan fingerprint density at radius 2 is 1.62 bits per heavy atom. The lowest BCUT2D eigenvalue weighted by Gasteiger charge is -2.12. The summed E-state index contributed by atoms with van der Waals surface area (Å²) in [6.07, 6.45) is 1.72. The molecule has 0 aliphatic rings. The van der Waals surface area contributed by atoms with Crippen LogP contribution in [-0.2, 0) is 11.2 Å². The maximum absolute atomic E-state index is 10.7. The van der Waals surface area contributed by atoms with Gasteiger partial charge < -0.3 is 25.8 Å². The van der Waals surface area contributed by atoms with Crippen LogP contribution in [0.25, 0.3) is 0 Å². The van der Waals surface area contributed by atoms with Crippen molar-refractivity contribution in [2.24, 2.45) is 10.7 Å². The molecule has 0 heterocycles. The van der Waals surface area contributed by atoms with Crippen molar-refractivity contribution >= 4 is 35.8 Å². The standard InChI is InChI=1S/C21H28N4O3.HI/c1-23-21(24-13-5-15-27-18-6-3-2-4-7-18)25-14-12-17-8-10-19(11-9-17)28-16-20(22)26;/h2-4,6-11H,5,12-16H2,1H3,(H2,22,26)(H2,23,24,25);1H. The van der Waals surface area contributed by atoms with Crippen molar-refractivity contribution in [3.8, 4) is 11.5 Å². The van der Waals surface area contributed by atoms with E-state index in [1.807, 2.05) is 54.6 Å². The largest absolute Gasteiger partial charge is 0.494 e. The summed E-state index contributed by atoms with van der Waals surface area (Å²) >= 11 is 0. The molecule has 0 saturated carbocycles. The third-order valence-corrected chi connectivity index (χ3v) is 3.86.